The number of carbonyl (C=O) groups excluding carboxylic acids is 1. The van der Waals surface area contributed by atoms with E-state index >= 15 is 0 Å². The molecule has 2 N–H and O–H groups in total. The van der Waals surface area contributed by atoms with Crippen molar-refractivity contribution in [2.75, 3.05) is 17.2 Å². The van der Waals surface area contributed by atoms with Gasteiger partial charge in [0, 0.05) is 11.4 Å². The lowest BCUT2D eigenvalue weighted by Crippen LogP contribution is -2.24. The molecule has 134 valence electrons. The van der Waals surface area contributed by atoms with Crippen molar-refractivity contribution in [3.8, 4) is 5.75 Å². The van der Waals surface area contributed by atoms with Gasteiger partial charge in [0.1, 0.15) is 5.75 Å². The molecule has 0 radical (unpaired) electrons. The predicted octanol–water partition coefficient (Wildman–Crippen LogP) is 4.82. The van der Waals surface area contributed by atoms with Gasteiger partial charge in [-0.25, -0.2) is 0 Å². The van der Waals surface area contributed by atoms with Crippen LogP contribution in [0.25, 0.3) is 0 Å². The number of rotatable bonds is 6. The van der Waals surface area contributed by atoms with Gasteiger partial charge in [0.25, 0.3) is 0 Å². The minimum Gasteiger partial charge on any atom is -0.491 e. The zero-order valence-corrected chi connectivity index (χ0v) is 15.7. The third-order valence-electron chi connectivity index (χ3n) is 3.69. The number of para-hydroxylation sites is 1. The van der Waals surface area contributed by atoms with Crippen LogP contribution in [0.15, 0.2) is 48.5 Å². The number of amides is 1. The number of hydrogen-bond donors (Lipinski definition) is 2. The zero-order chi connectivity index (χ0) is 18.4. The fourth-order valence-corrected chi connectivity index (χ4v) is 2.55. The van der Waals surface area contributed by atoms with Crippen molar-refractivity contribution in [1.29, 1.82) is 0 Å². The molecule has 0 spiro atoms. The van der Waals surface area contributed by atoms with Crippen LogP contribution in [0.2, 0.25) is 0 Å². The van der Waals surface area contributed by atoms with Gasteiger partial charge in [-0.15, -0.1) is 0 Å². The second-order valence-corrected chi connectivity index (χ2v) is 7.39. The number of ether oxygens (including phenoxy) is 1. The molecular weight excluding hydrogens is 312 g/mol. The fraction of sp³-hybridized carbons (Fsp3) is 0.381. The first-order valence-corrected chi connectivity index (χ1v) is 8.65. The number of carbonyl (C=O) groups is 1. The summed E-state index contributed by atoms with van der Waals surface area (Å²) in [5.41, 5.74) is 2.85. The number of nitrogens with one attached hydrogen (secondary N) is 2. The lowest BCUT2D eigenvalue weighted by molar-refractivity contribution is -0.114. The van der Waals surface area contributed by atoms with Crippen LogP contribution >= 0.6 is 0 Å². The maximum absolute atomic E-state index is 12.3. The van der Waals surface area contributed by atoms with Crippen LogP contribution in [0.5, 0.6) is 5.75 Å². The van der Waals surface area contributed by atoms with E-state index in [-0.39, 0.29) is 24.0 Å². The van der Waals surface area contributed by atoms with Gasteiger partial charge < -0.3 is 15.4 Å². The van der Waals surface area contributed by atoms with Crippen LogP contribution in [0, 0.1) is 0 Å². The second kappa shape index (κ2) is 8.06. The SMILES string of the molecule is CC(C)Oc1ccc(NCC(=O)Nc2ccccc2C(C)(C)C)cc1. The Hall–Kier alpha value is -2.49. The Labute approximate surface area is 150 Å². The van der Waals surface area contributed by atoms with Gasteiger partial charge in [0.2, 0.25) is 5.91 Å². The highest BCUT2D eigenvalue weighted by Crippen LogP contribution is 2.29. The molecule has 0 saturated carbocycles. The summed E-state index contributed by atoms with van der Waals surface area (Å²) in [5, 5.41) is 6.13. The summed E-state index contributed by atoms with van der Waals surface area (Å²) in [6, 6.07) is 15.5. The molecule has 4 nitrogen and oxygen atoms in total. The number of hydrogen-bond acceptors (Lipinski definition) is 3. The van der Waals surface area contributed by atoms with Crippen molar-refractivity contribution < 1.29 is 9.53 Å². The Morgan fingerprint density at radius 3 is 2.28 bits per heavy atom. The highest BCUT2D eigenvalue weighted by Gasteiger charge is 2.18. The van der Waals surface area contributed by atoms with Crippen molar-refractivity contribution >= 4 is 17.3 Å². The predicted molar refractivity (Wildman–Crippen MR) is 104 cm³/mol. The fourth-order valence-electron chi connectivity index (χ4n) is 2.55. The quantitative estimate of drug-likeness (QED) is 0.792. The summed E-state index contributed by atoms with van der Waals surface area (Å²) in [6.45, 7) is 10.6. The zero-order valence-electron chi connectivity index (χ0n) is 15.7. The van der Waals surface area contributed by atoms with Crippen molar-refractivity contribution in [1.82, 2.24) is 0 Å². The average Bonchev–Trinajstić information content (AvgIpc) is 2.53. The first kappa shape index (κ1) is 18.8. The molecule has 2 rings (SSSR count). The van der Waals surface area contributed by atoms with E-state index in [4.69, 9.17) is 4.74 Å². The molecule has 0 aliphatic rings. The molecule has 0 bridgehead atoms. The van der Waals surface area contributed by atoms with Gasteiger partial charge >= 0.3 is 0 Å². The summed E-state index contributed by atoms with van der Waals surface area (Å²) >= 11 is 0. The van der Waals surface area contributed by atoms with E-state index in [2.05, 4.69) is 37.5 Å². The van der Waals surface area contributed by atoms with Crippen LogP contribution < -0.4 is 15.4 Å². The van der Waals surface area contributed by atoms with Crippen molar-refractivity contribution in [3.63, 3.8) is 0 Å². The van der Waals surface area contributed by atoms with Gasteiger partial charge in [-0.05, 0) is 55.2 Å². The topological polar surface area (TPSA) is 50.4 Å². The Balaban J connectivity index is 1.93. The van der Waals surface area contributed by atoms with Crippen molar-refractivity contribution in [3.05, 3.63) is 54.1 Å². The van der Waals surface area contributed by atoms with E-state index in [0.29, 0.717) is 0 Å². The summed E-state index contributed by atoms with van der Waals surface area (Å²) in [7, 11) is 0. The summed E-state index contributed by atoms with van der Waals surface area (Å²) in [5.74, 6) is 0.753. The maximum Gasteiger partial charge on any atom is 0.243 e. The van der Waals surface area contributed by atoms with E-state index in [0.717, 1.165) is 22.7 Å². The molecule has 0 unspecified atom stereocenters. The second-order valence-electron chi connectivity index (χ2n) is 7.39. The van der Waals surface area contributed by atoms with Crippen LogP contribution in [0.3, 0.4) is 0 Å². The van der Waals surface area contributed by atoms with E-state index in [9.17, 15) is 4.79 Å². The average molecular weight is 340 g/mol. The molecule has 0 aliphatic heterocycles. The maximum atomic E-state index is 12.3. The minimum absolute atomic E-state index is 0.0243. The molecule has 0 heterocycles. The molecule has 1 amide bonds. The lowest BCUT2D eigenvalue weighted by Gasteiger charge is -2.23. The molecule has 0 fully saturated rings. The third-order valence-corrected chi connectivity index (χ3v) is 3.69. The molecule has 0 aliphatic carbocycles. The van der Waals surface area contributed by atoms with E-state index < -0.39 is 0 Å². The molecule has 0 saturated heterocycles. The number of anilines is 2. The van der Waals surface area contributed by atoms with Crippen LogP contribution in [-0.4, -0.2) is 18.6 Å². The first-order valence-electron chi connectivity index (χ1n) is 8.65. The van der Waals surface area contributed by atoms with Gasteiger partial charge in [-0.2, -0.15) is 0 Å². The smallest absolute Gasteiger partial charge is 0.243 e. The first-order chi connectivity index (χ1) is 11.8. The number of benzene rings is 2. The van der Waals surface area contributed by atoms with Crippen molar-refractivity contribution in [2.24, 2.45) is 0 Å². The van der Waals surface area contributed by atoms with Gasteiger partial charge in [0.05, 0.1) is 12.6 Å². The molecule has 25 heavy (non-hydrogen) atoms. The Morgan fingerprint density at radius 2 is 1.68 bits per heavy atom. The molecule has 2 aromatic carbocycles. The highest BCUT2D eigenvalue weighted by molar-refractivity contribution is 5.94. The molecule has 0 atom stereocenters. The minimum atomic E-state index is -0.0702. The van der Waals surface area contributed by atoms with E-state index in [1.165, 1.54) is 0 Å². The largest absolute Gasteiger partial charge is 0.491 e. The van der Waals surface area contributed by atoms with E-state index in [1.54, 1.807) is 0 Å². The van der Waals surface area contributed by atoms with Crippen LogP contribution in [0.4, 0.5) is 11.4 Å². The Bertz CT molecular complexity index is 701. The van der Waals surface area contributed by atoms with Crippen LogP contribution in [0.1, 0.15) is 40.2 Å². The lowest BCUT2D eigenvalue weighted by atomic mass is 9.86. The van der Waals surface area contributed by atoms with Crippen molar-refractivity contribution in [2.45, 2.75) is 46.1 Å². The van der Waals surface area contributed by atoms with Gasteiger partial charge in [-0.1, -0.05) is 39.0 Å². The standard InChI is InChI=1S/C21H28N2O2/c1-15(2)25-17-12-10-16(11-13-17)22-14-20(24)23-19-9-7-6-8-18(19)21(3,4)5/h6-13,15,22H,14H2,1-5H3,(H,23,24). The normalized spacial score (nSPS) is 11.3. The van der Waals surface area contributed by atoms with Crippen LogP contribution in [-0.2, 0) is 10.2 Å². The molecule has 4 heteroatoms. The third kappa shape index (κ3) is 5.82. The van der Waals surface area contributed by atoms with E-state index in [1.807, 2.05) is 56.3 Å². The molecule has 0 aromatic heterocycles. The highest BCUT2D eigenvalue weighted by atomic mass is 16.5. The summed E-state index contributed by atoms with van der Waals surface area (Å²) in [6.07, 6.45) is 0.146. The summed E-state index contributed by atoms with van der Waals surface area (Å²) in [4.78, 5) is 12.3. The van der Waals surface area contributed by atoms with Gasteiger partial charge in [0.15, 0.2) is 0 Å². The molecular formula is C21H28N2O2. The molecule has 2 aromatic rings. The summed E-state index contributed by atoms with van der Waals surface area (Å²) < 4.78 is 5.61. The van der Waals surface area contributed by atoms with Gasteiger partial charge in [-0.3, -0.25) is 4.79 Å². The Kier molecular flexibility index (Phi) is 6.07. The Morgan fingerprint density at radius 1 is 1.04 bits per heavy atom. The monoisotopic (exact) mass is 340 g/mol.